The van der Waals surface area contributed by atoms with Gasteiger partial charge in [-0.2, -0.15) is 5.10 Å². The first-order valence-electron chi connectivity index (χ1n) is 8.76. The number of aryl methyl sites for hydroxylation is 4. The van der Waals surface area contributed by atoms with Gasteiger partial charge in [0.2, 0.25) is 0 Å². The molecule has 5 nitrogen and oxygen atoms in total. The number of phenolic OH excluding ortho intramolecular Hbond substituents is 1. The standard InChI is InChI=1S/C22H23N3O2/c1-14-11-18(12-15(2)21(14)26)13-23-24-22(27)19-7-9-20(10-8-19)25-16(3)5-6-17(25)4/h5-13,26H,1-4H3,(H,24,27). The first-order valence-corrected chi connectivity index (χ1v) is 8.76. The molecule has 5 heteroatoms. The van der Waals surface area contributed by atoms with Crippen molar-refractivity contribution in [1.82, 2.24) is 9.99 Å². The smallest absolute Gasteiger partial charge is 0.271 e. The summed E-state index contributed by atoms with van der Waals surface area (Å²) in [6.07, 6.45) is 1.57. The maximum Gasteiger partial charge on any atom is 0.271 e. The second kappa shape index (κ2) is 7.50. The van der Waals surface area contributed by atoms with Crippen LogP contribution in [0.25, 0.3) is 5.69 Å². The predicted molar refractivity (Wildman–Crippen MR) is 108 cm³/mol. The van der Waals surface area contributed by atoms with Crippen molar-refractivity contribution in [2.75, 3.05) is 0 Å². The molecule has 27 heavy (non-hydrogen) atoms. The number of carbonyl (C=O) groups excluding carboxylic acids is 1. The lowest BCUT2D eigenvalue weighted by Gasteiger charge is -2.10. The molecule has 0 saturated heterocycles. The van der Waals surface area contributed by atoms with Gasteiger partial charge in [0, 0.05) is 22.6 Å². The molecule has 0 atom stereocenters. The molecule has 0 radical (unpaired) electrons. The van der Waals surface area contributed by atoms with Gasteiger partial charge in [0.25, 0.3) is 5.91 Å². The number of rotatable bonds is 4. The SMILES string of the molecule is Cc1cc(C=NNC(=O)c2ccc(-n3c(C)ccc3C)cc2)cc(C)c1O. The fraction of sp³-hybridized carbons (Fsp3) is 0.182. The molecule has 2 N–H and O–H groups in total. The Morgan fingerprint density at radius 1 is 0.963 bits per heavy atom. The van der Waals surface area contributed by atoms with Crippen molar-refractivity contribution in [3.63, 3.8) is 0 Å². The second-order valence-electron chi connectivity index (χ2n) is 6.70. The van der Waals surface area contributed by atoms with Crippen molar-refractivity contribution in [2.24, 2.45) is 5.10 Å². The largest absolute Gasteiger partial charge is 0.507 e. The van der Waals surface area contributed by atoms with Gasteiger partial charge in [0.15, 0.2) is 0 Å². The van der Waals surface area contributed by atoms with E-state index >= 15 is 0 Å². The normalized spacial score (nSPS) is 11.1. The molecule has 2 aromatic carbocycles. The Hall–Kier alpha value is -3.34. The van der Waals surface area contributed by atoms with Crippen molar-refractivity contribution >= 4 is 12.1 Å². The van der Waals surface area contributed by atoms with Crippen LogP contribution in [0.1, 0.15) is 38.4 Å². The molecular weight excluding hydrogens is 338 g/mol. The molecule has 1 amide bonds. The first-order chi connectivity index (χ1) is 12.9. The Kier molecular flexibility index (Phi) is 5.12. The van der Waals surface area contributed by atoms with Crippen LogP contribution in [0.3, 0.4) is 0 Å². The Morgan fingerprint density at radius 3 is 2.07 bits per heavy atom. The minimum absolute atomic E-state index is 0.272. The van der Waals surface area contributed by atoms with E-state index in [2.05, 4.69) is 41.1 Å². The maximum atomic E-state index is 12.3. The van der Waals surface area contributed by atoms with Gasteiger partial charge in [-0.1, -0.05) is 0 Å². The third kappa shape index (κ3) is 3.92. The number of hydrogen-bond donors (Lipinski definition) is 2. The number of phenols is 1. The van der Waals surface area contributed by atoms with E-state index in [9.17, 15) is 9.90 Å². The van der Waals surface area contributed by atoms with Crippen molar-refractivity contribution in [3.05, 3.63) is 82.2 Å². The Balaban J connectivity index is 1.70. The highest BCUT2D eigenvalue weighted by Gasteiger charge is 2.07. The van der Waals surface area contributed by atoms with E-state index in [1.54, 1.807) is 18.3 Å². The number of aromatic hydroxyl groups is 1. The van der Waals surface area contributed by atoms with Crippen LogP contribution in [0.2, 0.25) is 0 Å². The molecule has 0 unspecified atom stereocenters. The van der Waals surface area contributed by atoms with E-state index in [-0.39, 0.29) is 11.7 Å². The van der Waals surface area contributed by atoms with E-state index in [0.29, 0.717) is 5.56 Å². The number of nitrogens with zero attached hydrogens (tertiary/aromatic N) is 2. The zero-order chi connectivity index (χ0) is 19.6. The summed E-state index contributed by atoms with van der Waals surface area (Å²) in [5, 5.41) is 13.8. The molecule has 0 spiro atoms. The summed E-state index contributed by atoms with van der Waals surface area (Å²) < 4.78 is 2.13. The molecule has 0 aliphatic heterocycles. The Bertz CT molecular complexity index is 972. The highest BCUT2D eigenvalue weighted by atomic mass is 16.3. The number of nitrogens with one attached hydrogen (secondary N) is 1. The third-order valence-electron chi connectivity index (χ3n) is 4.55. The molecule has 0 bridgehead atoms. The van der Waals surface area contributed by atoms with Crippen LogP contribution in [0, 0.1) is 27.7 Å². The average Bonchev–Trinajstić information content (AvgIpc) is 2.98. The molecular formula is C22H23N3O2. The number of hydrogen-bond acceptors (Lipinski definition) is 3. The van der Waals surface area contributed by atoms with Crippen LogP contribution in [0.4, 0.5) is 0 Å². The highest BCUT2D eigenvalue weighted by Crippen LogP contribution is 2.22. The minimum Gasteiger partial charge on any atom is -0.507 e. The lowest BCUT2D eigenvalue weighted by Crippen LogP contribution is -2.17. The van der Waals surface area contributed by atoms with Crippen LogP contribution < -0.4 is 5.43 Å². The quantitative estimate of drug-likeness (QED) is 0.541. The summed E-state index contributed by atoms with van der Waals surface area (Å²) >= 11 is 0. The Morgan fingerprint density at radius 2 is 1.52 bits per heavy atom. The van der Waals surface area contributed by atoms with Crippen LogP contribution >= 0.6 is 0 Å². The van der Waals surface area contributed by atoms with E-state index < -0.39 is 0 Å². The predicted octanol–water partition coefficient (Wildman–Crippen LogP) is 4.18. The molecule has 1 heterocycles. The first kappa shape index (κ1) is 18.5. The fourth-order valence-corrected chi connectivity index (χ4v) is 3.13. The molecule has 1 aromatic heterocycles. The van der Waals surface area contributed by atoms with E-state index in [0.717, 1.165) is 33.8 Å². The molecule has 3 rings (SSSR count). The number of carbonyl (C=O) groups is 1. The zero-order valence-electron chi connectivity index (χ0n) is 15.9. The van der Waals surface area contributed by atoms with E-state index in [1.165, 1.54) is 0 Å². The Labute approximate surface area is 159 Å². The molecule has 0 aliphatic carbocycles. The molecule has 138 valence electrons. The van der Waals surface area contributed by atoms with Crippen LogP contribution in [0.15, 0.2) is 53.6 Å². The number of hydrazone groups is 1. The number of benzene rings is 2. The lowest BCUT2D eigenvalue weighted by molar-refractivity contribution is 0.0955. The summed E-state index contributed by atoms with van der Waals surface area (Å²) in [5.41, 5.74) is 8.75. The van der Waals surface area contributed by atoms with Crippen LogP contribution in [0.5, 0.6) is 5.75 Å². The monoisotopic (exact) mass is 361 g/mol. The van der Waals surface area contributed by atoms with Crippen molar-refractivity contribution in [3.8, 4) is 11.4 Å². The van der Waals surface area contributed by atoms with E-state index in [1.807, 2.05) is 38.1 Å². The van der Waals surface area contributed by atoms with Crippen LogP contribution in [-0.2, 0) is 0 Å². The fourth-order valence-electron chi connectivity index (χ4n) is 3.13. The van der Waals surface area contributed by atoms with Crippen molar-refractivity contribution in [2.45, 2.75) is 27.7 Å². The average molecular weight is 361 g/mol. The topological polar surface area (TPSA) is 66.6 Å². The van der Waals surface area contributed by atoms with Crippen molar-refractivity contribution < 1.29 is 9.90 Å². The summed E-state index contributed by atoms with van der Waals surface area (Å²) in [4.78, 5) is 12.3. The lowest BCUT2D eigenvalue weighted by atomic mass is 10.1. The second-order valence-corrected chi connectivity index (χ2v) is 6.70. The van der Waals surface area contributed by atoms with Crippen LogP contribution in [-0.4, -0.2) is 21.8 Å². The van der Waals surface area contributed by atoms with Gasteiger partial charge in [0.1, 0.15) is 5.75 Å². The number of aromatic nitrogens is 1. The van der Waals surface area contributed by atoms with Gasteiger partial charge in [-0.05, 0) is 92.9 Å². The number of amides is 1. The third-order valence-corrected chi connectivity index (χ3v) is 4.55. The molecule has 0 saturated carbocycles. The molecule has 0 aliphatic rings. The zero-order valence-corrected chi connectivity index (χ0v) is 15.9. The van der Waals surface area contributed by atoms with Gasteiger partial charge in [-0.3, -0.25) is 4.79 Å². The summed E-state index contributed by atoms with van der Waals surface area (Å²) in [6, 6.07) is 15.2. The van der Waals surface area contributed by atoms with Gasteiger partial charge in [-0.15, -0.1) is 0 Å². The van der Waals surface area contributed by atoms with Crippen molar-refractivity contribution in [1.29, 1.82) is 0 Å². The van der Waals surface area contributed by atoms with Gasteiger partial charge in [-0.25, -0.2) is 5.43 Å². The van der Waals surface area contributed by atoms with Gasteiger partial charge in [0.05, 0.1) is 6.21 Å². The maximum absolute atomic E-state index is 12.3. The molecule has 0 fully saturated rings. The summed E-state index contributed by atoms with van der Waals surface area (Å²) in [5.74, 6) is 0.00964. The van der Waals surface area contributed by atoms with Gasteiger partial charge < -0.3 is 9.67 Å². The highest BCUT2D eigenvalue weighted by molar-refractivity contribution is 5.95. The summed E-state index contributed by atoms with van der Waals surface area (Å²) in [6.45, 7) is 7.76. The van der Waals surface area contributed by atoms with Gasteiger partial charge >= 0.3 is 0 Å². The summed E-state index contributed by atoms with van der Waals surface area (Å²) in [7, 11) is 0. The molecule has 3 aromatic rings. The van der Waals surface area contributed by atoms with E-state index in [4.69, 9.17) is 0 Å². The minimum atomic E-state index is -0.272.